The molecule has 1 aliphatic carbocycles. The van der Waals surface area contributed by atoms with E-state index < -0.39 is 18.1 Å². The van der Waals surface area contributed by atoms with Crippen LogP contribution in [0.15, 0.2) is 24.3 Å². The molecule has 9 nitrogen and oxygen atoms in total. The van der Waals surface area contributed by atoms with Crippen LogP contribution in [0, 0.1) is 6.92 Å². The van der Waals surface area contributed by atoms with Crippen molar-refractivity contribution in [3.05, 3.63) is 35.5 Å². The third kappa shape index (κ3) is 5.38. The van der Waals surface area contributed by atoms with Crippen molar-refractivity contribution in [2.24, 2.45) is 0 Å². The number of piperazine rings is 1. The summed E-state index contributed by atoms with van der Waals surface area (Å²) in [6.07, 6.45) is -1.28. The Labute approximate surface area is 223 Å². The first-order valence-corrected chi connectivity index (χ1v) is 13.0. The van der Waals surface area contributed by atoms with Crippen LogP contribution in [-0.2, 0) is 4.79 Å². The van der Waals surface area contributed by atoms with Gasteiger partial charge in [0.15, 0.2) is 5.75 Å². The summed E-state index contributed by atoms with van der Waals surface area (Å²) in [7, 11) is 1.43. The number of amides is 1. The van der Waals surface area contributed by atoms with Crippen molar-refractivity contribution in [3.63, 3.8) is 0 Å². The van der Waals surface area contributed by atoms with Gasteiger partial charge in [0, 0.05) is 44.5 Å². The lowest BCUT2D eigenvalue weighted by atomic mass is 9.97. The van der Waals surface area contributed by atoms with Gasteiger partial charge in [0.1, 0.15) is 5.75 Å². The molecule has 1 saturated heterocycles. The molecular weight excluding hydrogens is 515 g/mol. The van der Waals surface area contributed by atoms with Crippen molar-refractivity contribution in [2.45, 2.75) is 44.9 Å². The van der Waals surface area contributed by atoms with E-state index in [2.05, 4.69) is 20.8 Å². The average Bonchev–Trinajstić information content (AvgIpc) is 3.57. The molecule has 12 heteroatoms. The lowest BCUT2D eigenvalue weighted by Crippen LogP contribution is -2.44. The van der Waals surface area contributed by atoms with Crippen LogP contribution in [0.5, 0.6) is 11.5 Å². The number of aromatic amines is 1. The van der Waals surface area contributed by atoms with Gasteiger partial charge < -0.3 is 25.0 Å². The maximum absolute atomic E-state index is 13.5. The Kier molecular flexibility index (Phi) is 7.39. The maximum atomic E-state index is 13.5. The number of aromatic nitrogens is 2. The number of benzene rings is 2. The van der Waals surface area contributed by atoms with Gasteiger partial charge in [0.25, 0.3) is 5.91 Å². The Morgan fingerprint density at radius 2 is 1.85 bits per heavy atom. The summed E-state index contributed by atoms with van der Waals surface area (Å²) in [5.41, 5.74) is 2.25. The minimum absolute atomic E-state index is 0.0207. The first kappa shape index (κ1) is 26.8. The molecule has 0 spiro atoms. The molecule has 0 unspecified atom stereocenters. The van der Waals surface area contributed by atoms with Gasteiger partial charge in [-0.25, -0.2) is 4.79 Å². The second-order valence-electron chi connectivity index (χ2n) is 9.78. The van der Waals surface area contributed by atoms with E-state index in [9.17, 15) is 22.8 Å². The largest absolute Gasteiger partial charge is 0.491 e. The van der Waals surface area contributed by atoms with E-state index >= 15 is 0 Å². The van der Waals surface area contributed by atoms with E-state index in [0.717, 1.165) is 36.8 Å². The topological polar surface area (TPSA) is 109 Å². The number of carbonyl (C=O) groups excluding carboxylic acids is 2. The monoisotopic (exact) mass is 545 g/mol. The number of H-pyrrole nitrogens is 1. The Morgan fingerprint density at radius 1 is 1.13 bits per heavy atom. The van der Waals surface area contributed by atoms with E-state index in [0.29, 0.717) is 43.0 Å². The van der Waals surface area contributed by atoms with E-state index in [1.165, 1.54) is 19.2 Å². The number of aryl methyl sites for hydroxylation is 1. The summed E-state index contributed by atoms with van der Waals surface area (Å²) in [4.78, 5) is 26.8. The van der Waals surface area contributed by atoms with Crippen LogP contribution in [-0.4, -0.2) is 67.6 Å². The molecule has 3 N–H and O–H groups in total. The fourth-order valence-electron chi connectivity index (χ4n) is 5.27. The standard InChI is InChI=1S/C27H30F3N5O4/c1-15-22-20(34-33-15)13-16(14-21(22)38-17-5-3-4-6-17)18-7-8-19(25(36)31-2)23(35-11-9-32-10-12-35)24(18)39-26(37)27(28,29)30/h7-8,13-14,17,32H,3-6,9-12H2,1-2H3,(H,31,36)(H,33,34). The molecule has 3 aromatic rings. The number of anilines is 1. The second kappa shape index (κ2) is 10.8. The predicted molar refractivity (Wildman–Crippen MR) is 139 cm³/mol. The summed E-state index contributed by atoms with van der Waals surface area (Å²) in [6.45, 7) is 3.76. The Balaban J connectivity index is 1.73. The Hall–Kier alpha value is -3.80. The zero-order valence-electron chi connectivity index (χ0n) is 21.7. The van der Waals surface area contributed by atoms with Crippen LogP contribution in [0.3, 0.4) is 0 Å². The summed E-state index contributed by atoms with van der Waals surface area (Å²) in [6, 6.07) is 6.48. The van der Waals surface area contributed by atoms with E-state index in [1.54, 1.807) is 17.0 Å². The molecule has 1 aliphatic heterocycles. The first-order chi connectivity index (χ1) is 18.7. The molecule has 2 aromatic carbocycles. The average molecular weight is 546 g/mol. The quantitative estimate of drug-likeness (QED) is 0.316. The first-order valence-electron chi connectivity index (χ1n) is 13.0. The van der Waals surface area contributed by atoms with Crippen LogP contribution in [0.2, 0.25) is 0 Å². The normalized spacial score (nSPS) is 16.5. The van der Waals surface area contributed by atoms with Crippen molar-refractivity contribution < 1.29 is 32.2 Å². The predicted octanol–water partition coefficient (Wildman–Crippen LogP) is 4.10. The van der Waals surface area contributed by atoms with Crippen LogP contribution in [0.1, 0.15) is 41.7 Å². The molecule has 0 atom stereocenters. The SMILES string of the molecule is CNC(=O)c1ccc(-c2cc(OC3CCCC3)c3c(C)[nH]nc3c2)c(OC(=O)C(F)(F)F)c1N1CCNCC1. The summed E-state index contributed by atoms with van der Waals surface area (Å²) in [5.74, 6) is -2.66. The fourth-order valence-corrected chi connectivity index (χ4v) is 5.27. The number of alkyl halides is 3. The molecule has 1 aromatic heterocycles. The Morgan fingerprint density at radius 3 is 2.51 bits per heavy atom. The third-order valence-corrected chi connectivity index (χ3v) is 7.17. The molecule has 0 bridgehead atoms. The van der Waals surface area contributed by atoms with Gasteiger partial charge in [-0.2, -0.15) is 18.3 Å². The van der Waals surface area contributed by atoms with Crippen molar-refractivity contribution in [1.82, 2.24) is 20.8 Å². The second-order valence-corrected chi connectivity index (χ2v) is 9.78. The van der Waals surface area contributed by atoms with Crippen molar-refractivity contribution in [1.29, 1.82) is 0 Å². The number of nitrogens with one attached hydrogen (secondary N) is 3. The number of fused-ring (bicyclic) bond motifs is 1. The minimum Gasteiger partial charge on any atom is -0.490 e. The van der Waals surface area contributed by atoms with Gasteiger partial charge in [0.05, 0.1) is 28.3 Å². The number of ether oxygens (including phenoxy) is 2. The summed E-state index contributed by atoms with van der Waals surface area (Å²) in [5, 5.41) is 13.8. The number of hydrogen-bond acceptors (Lipinski definition) is 7. The highest BCUT2D eigenvalue weighted by atomic mass is 19.4. The molecule has 1 saturated carbocycles. The molecule has 0 radical (unpaired) electrons. The maximum Gasteiger partial charge on any atom is 0.491 e. The van der Waals surface area contributed by atoms with E-state index in [-0.39, 0.29) is 28.7 Å². The van der Waals surface area contributed by atoms with Gasteiger partial charge in [-0.3, -0.25) is 9.89 Å². The highest BCUT2D eigenvalue weighted by Crippen LogP contribution is 2.45. The van der Waals surface area contributed by atoms with E-state index in [4.69, 9.17) is 9.47 Å². The van der Waals surface area contributed by atoms with Crippen LogP contribution in [0.4, 0.5) is 18.9 Å². The molecule has 208 valence electrons. The number of esters is 1. The van der Waals surface area contributed by atoms with E-state index in [1.807, 2.05) is 6.92 Å². The smallest absolute Gasteiger partial charge is 0.490 e. The van der Waals surface area contributed by atoms with Crippen molar-refractivity contribution >= 4 is 28.5 Å². The molecular formula is C27H30F3N5O4. The van der Waals surface area contributed by atoms with Crippen molar-refractivity contribution in [2.75, 3.05) is 38.1 Å². The number of carbonyl (C=O) groups is 2. The number of hydrogen-bond donors (Lipinski definition) is 3. The number of nitrogens with zero attached hydrogens (tertiary/aromatic N) is 2. The minimum atomic E-state index is -5.24. The van der Waals surface area contributed by atoms with Gasteiger partial charge in [-0.05, 0) is 62.4 Å². The van der Waals surface area contributed by atoms with Crippen molar-refractivity contribution in [3.8, 4) is 22.6 Å². The number of halogens is 3. The molecule has 1 amide bonds. The highest BCUT2D eigenvalue weighted by Gasteiger charge is 2.43. The van der Waals surface area contributed by atoms with Gasteiger partial charge in [-0.1, -0.05) is 0 Å². The molecule has 5 rings (SSSR count). The lowest BCUT2D eigenvalue weighted by Gasteiger charge is -2.33. The molecule has 2 fully saturated rings. The van der Waals surface area contributed by atoms with Crippen LogP contribution < -0.4 is 25.0 Å². The molecule has 39 heavy (non-hydrogen) atoms. The third-order valence-electron chi connectivity index (χ3n) is 7.17. The zero-order chi connectivity index (χ0) is 27.7. The lowest BCUT2D eigenvalue weighted by molar-refractivity contribution is -0.189. The van der Waals surface area contributed by atoms with Gasteiger partial charge >= 0.3 is 12.1 Å². The van der Waals surface area contributed by atoms with Gasteiger partial charge in [-0.15, -0.1) is 0 Å². The van der Waals surface area contributed by atoms with Crippen LogP contribution >= 0.6 is 0 Å². The summed E-state index contributed by atoms with van der Waals surface area (Å²) < 4.78 is 51.8. The summed E-state index contributed by atoms with van der Waals surface area (Å²) >= 11 is 0. The fraction of sp³-hybridized carbons (Fsp3) is 0.444. The van der Waals surface area contributed by atoms with Crippen LogP contribution in [0.25, 0.3) is 22.0 Å². The highest BCUT2D eigenvalue weighted by molar-refractivity contribution is 6.04. The Bertz CT molecular complexity index is 1390. The molecule has 2 heterocycles. The number of rotatable bonds is 6. The van der Waals surface area contributed by atoms with Gasteiger partial charge in [0.2, 0.25) is 0 Å². The zero-order valence-corrected chi connectivity index (χ0v) is 21.7. The molecule has 2 aliphatic rings.